The van der Waals surface area contributed by atoms with Crippen molar-refractivity contribution >= 4 is 15.9 Å². The zero-order chi connectivity index (χ0) is 16.9. The number of hydrogen-bond donors (Lipinski definition) is 2. The van der Waals surface area contributed by atoms with Gasteiger partial charge in [-0.3, -0.25) is 4.79 Å². The van der Waals surface area contributed by atoms with Gasteiger partial charge in [0, 0.05) is 25.6 Å². The van der Waals surface area contributed by atoms with Crippen LogP contribution in [0.25, 0.3) is 0 Å². The van der Waals surface area contributed by atoms with E-state index in [0.717, 1.165) is 18.4 Å². The minimum absolute atomic E-state index is 0.00839. The number of rotatable bonds is 6. The quantitative estimate of drug-likeness (QED) is 0.760. The van der Waals surface area contributed by atoms with Crippen molar-refractivity contribution in [1.29, 1.82) is 0 Å². The predicted molar refractivity (Wildman–Crippen MR) is 88.6 cm³/mol. The van der Waals surface area contributed by atoms with E-state index >= 15 is 0 Å². The van der Waals surface area contributed by atoms with Crippen LogP contribution in [0.5, 0.6) is 5.75 Å². The van der Waals surface area contributed by atoms with Gasteiger partial charge in [-0.15, -0.1) is 0 Å². The molecule has 1 aliphatic heterocycles. The molecule has 0 aliphatic carbocycles. The molecule has 0 bridgehead atoms. The third-order valence-electron chi connectivity index (χ3n) is 4.15. The minimum Gasteiger partial charge on any atom is -0.508 e. The molecule has 0 saturated carbocycles. The van der Waals surface area contributed by atoms with Gasteiger partial charge in [0.2, 0.25) is 15.9 Å². The van der Waals surface area contributed by atoms with Gasteiger partial charge in [0.05, 0.1) is 6.26 Å². The van der Waals surface area contributed by atoms with Crippen molar-refractivity contribution in [2.75, 3.05) is 25.9 Å². The highest BCUT2D eigenvalue weighted by Crippen LogP contribution is 2.19. The molecule has 0 spiro atoms. The fraction of sp³-hybridized carbons (Fsp3) is 0.562. The van der Waals surface area contributed by atoms with Crippen molar-refractivity contribution < 1.29 is 18.3 Å². The van der Waals surface area contributed by atoms with Crippen LogP contribution in [-0.2, 0) is 21.2 Å². The smallest absolute Gasteiger partial charge is 0.223 e. The summed E-state index contributed by atoms with van der Waals surface area (Å²) >= 11 is 0. The maximum Gasteiger partial charge on any atom is 0.223 e. The molecule has 0 radical (unpaired) electrons. The van der Waals surface area contributed by atoms with Gasteiger partial charge in [0.25, 0.3) is 0 Å². The normalized spacial score (nSPS) is 17.1. The monoisotopic (exact) mass is 340 g/mol. The van der Waals surface area contributed by atoms with Crippen molar-refractivity contribution in [1.82, 2.24) is 9.62 Å². The number of phenols is 1. The van der Waals surface area contributed by atoms with Crippen molar-refractivity contribution in [2.45, 2.75) is 25.7 Å². The first-order valence-corrected chi connectivity index (χ1v) is 9.72. The Morgan fingerprint density at radius 1 is 1.35 bits per heavy atom. The summed E-state index contributed by atoms with van der Waals surface area (Å²) in [5.74, 6) is 0.159. The van der Waals surface area contributed by atoms with Crippen LogP contribution in [0.15, 0.2) is 24.3 Å². The third kappa shape index (κ3) is 5.51. The van der Waals surface area contributed by atoms with Crippen LogP contribution in [0.1, 0.15) is 24.8 Å². The van der Waals surface area contributed by atoms with Gasteiger partial charge in [0.1, 0.15) is 5.75 Å². The first kappa shape index (κ1) is 17.7. The van der Waals surface area contributed by atoms with Crippen LogP contribution >= 0.6 is 0 Å². The number of carbonyl (C=O) groups is 1. The van der Waals surface area contributed by atoms with Crippen LogP contribution in [0.3, 0.4) is 0 Å². The molecule has 1 fully saturated rings. The zero-order valence-electron chi connectivity index (χ0n) is 13.4. The molecule has 0 aromatic heterocycles. The number of piperidine rings is 1. The third-order valence-corrected chi connectivity index (χ3v) is 5.45. The number of aryl methyl sites for hydroxylation is 1. The molecule has 23 heavy (non-hydrogen) atoms. The zero-order valence-corrected chi connectivity index (χ0v) is 14.2. The lowest BCUT2D eigenvalue weighted by Gasteiger charge is -2.29. The number of benzene rings is 1. The second-order valence-corrected chi connectivity index (χ2v) is 7.98. The molecule has 0 unspecified atom stereocenters. The van der Waals surface area contributed by atoms with Crippen LogP contribution in [0.2, 0.25) is 0 Å². The second-order valence-electron chi connectivity index (χ2n) is 6.00. The van der Waals surface area contributed by atoms with Gasteiger partial charge in [-0.2, -0.15) is 0 Å². The molecule has 2 rings (SSSR count). The van der Waals surface area contributed by atoms with Gasteiger partial charge >= 0.3 is 0 Å². The predicted octanol–water partition coefficient (Wildman–Crippen LogP) is 1.11. The number of nitrogens with zero attached hydrogens (tertiary/aromatic N) is 1. The van der Waals surface area contributed by atoms with Crippen LogP contribution < -0.4 is 5.32 Å². The van der Waals surface area contributed by atoms with Crippen LogP contribution in [0, 0.1) is 5.92 Å². The molecule has 128 valence electrons. The lowest BCUT2D eigenvalue weighted by Crippen LogP contribution is -2.42. The Morgan fingerprint density at radius 2 is 2.04 bits per heavy atom. The SMILES string of the molecule is CS(=O)(=O)N1CCC(C(=O)NCCCc2cccc(O)c2)CC1. The molecule has 1 saturated heterocycles. The largest absolute Gasteiger partial charge is 0.508 e. The number of sulfonamides is 1. The average Bonchev–Trinajstić information content (AvgIpc) is 2.51. The van der Waals surface area contributed by atoms with Gasteiger partial charge in [0.15, 0.2) is 0 Å². The van der Waals surface area contributed by atoms with Crippen molar-refractivity contribution in [3.63, 3.8) is 0 Å². The molecule has 7 heteroatoms. The molecule has 0 atom stereocenters. The Morgan fingerprint density at radius 3 is 2.65 bits per heavy atom. The summed E-state index contributed by atoms with van der Waals surface area (Å²) < 4.78 is 24.3. The maximum atomic E-state index is 12.1. The highest BCUT2D eigenvalue weighted by molar-refractivity contribution is 7.88. The molecule has 2 N–H and O–H groups in total. The Balaban J connectivity index is 1.68. The van der Waals surface area contributed by atoms with E-state index in [1.165, 1.54) is 10.6 Å². The van der Waals surface area contributed by atoms with E-state index in [-0.39, 0.29) is 17.6 Å². The van der Waals surface area contributed by atoms with Gasteiger partial charge in [-0.1, -0.05) is 12.1 Å². The summed E-state index contributed by atoms with van der Waals surface area (Å²) in [6.07, 6.45) is 3.95. The first-order chi connectivity index (χ1) is 10.9. The highest BCUT2D eigenvalue weighted by atomic mass is 32.2. The van der Waals surface area contributed by atoms with Gasteiger partial charge in [-0.25, -0.2) is 12.7 Å². The number of phenolic OH excluding ortho intramolecular Hbond substituents is 1. The number of aromatic hydroxyl groups is 1. The second kappa shape index (κ2) is 7.79. The summed E-state index contributed by atoms with van der Waals surface area (Å²) in [5.41, 5.74) is 1.04. The fourth-order valence-corrected chi connectivity index (χ4v) is 3.68. The number of hydrogen-bond acceptors (Lipinski definition) is 4. The minimum atomic E-state index is -3.15. The first-order valence-electron chi connectivity index (χ1n) is 7.87. The summed E-state index contributed by atoms with van der Waals surface area (Å²) in [6, 6.07) is 7.11. The Labute approximate surface area is 137 Å². The van der Waals surface area contributed by atoms with Crippen LogP contribution in [0.4, 0.5) is 0 Å². The highest BCUT2D eigenvalue weighted by Gasteiger charge is 2.28. The van der Waals surface area contributed by atoms with E-state index in [4.69, 9.17) is 0 Å². The Kier molecular flexibility index (Phi) is 6.01. The lowest BCUT2D eigenvalue weighted by atomic mass is 9.97. The van der Waals surface area contributed by atoms with Crippen molar-refractivity contribution in [2.24, 2.45) is 5.92 Å². The molecule has 6 nitrogen and oxygen atoms in total. The Bertz CT molecular complexity index is 637. The molecule has 1 aromatic rings. The van der Waals surface area contributed by atoms with E-state index < -0.39 is 10.0 Å². The standard InChI is InChI=1S/C16H24N2O4S/c1-23(21,22)18-10-7-14(8-11-18)16(20)17-9-3-5-13-4-2-6-15(19)12-13/h2,4,6,12,14,19H,3,5,7-11H2,1H3,(H,17,20). The van der Waals surface area contributed by atoms with Gasteiger partial charge in [-0.05, 0) is 43.4 Å². The average molecular weight is 340 g/mol. The summed E-state index contributed by atoms with van der Waals surface area (Å²) in [7, 11) is -3.15. The summed E-state index contributed by atoms with van der Waals surface area (Å²) in [4.78, 5) is 12.1. The molecular formula is C16H24N2O4S. The van der Waals surface area contributed by atoms with Crippen LogP contribution in [-0.4, -0.2) is 49.6 Å². The van der Waals surface area contributed by atoms with E-state index in [1.54, 1.807) is 18.2 Å². The lowest BCUT2D eigenvalue weighted by molar-refractivity contribution is -0.126. The summed E-state index contributed by atoms with van der Waals surface area (Å²) in [6.45, 7) is 1.42. The molecular weight excluding hydrogens is 316 g/mol. The van der Waals surface area contributed by atoms with E-state index in [2.05, 4.69) is 5.32 Å². The van der Waals surface area contributed by atoms with E-state index in [9.17, 15) is 18.3 Å². The van der Waals surface area contributed by atoms with E-state index in [1.807, 2.05) is 6.07 Å². The summed E-state index contributed by atoms with van der Waals surface area (Å²) in [5, 5.41) is 12.3. The maximum absolute atomic E-state index is 12.1. The van der Waals surface area contributed by atoms with Gasteiger partial charge < -0.3 is 10.4 Å². The molecule has 1 aliphatic rings. The molecule has 1 heterocycles. The fourth-order valence-electron chi connectivity index (χ4n) is 2.81. The van der Waals surface area contributed by atoms with E-state index in [0.29, 0.717) is 32.5 Å². The number of carbonyl (C=O) groups excluding carboxylic acids is 1. The molecule has 1 amide bonds. The Hall–Kier alpha value is -1.60. The number of amides is 1. The van der Waals surface area contributed by atoms with Crippen molar-refractivity contribution in [3.05, 3.63) is 29.8 Å². The topological polar surface area (TPSA) is 86.7 Å². The van der Waals surface area contributed by atoms with Crippen molar-refractivity contribution in [3.8, 4) is 5.75 Å². The molecule has 1 aromatic carbocycles. The number of nitrogens with one attached hydrogen (secondary N) is 1.